The zero-order valence-electron chi connectivity index (χ0n) is 12.1. The molecule has 4 nitrogen and oxygen atoms in total. The number of anilines is 1. The van der Waals surface area contributed by atoms with Gasteiger partial charge in [-0.15, -0.1) is 0 Å². The van der Waals surface area contributed by atoms with Gasteiger partial charge in [0.05, 0.1) is 18.8 Å². The first-order chi connectivity index (χ1) is 9.02. The summed E-state index contributed by atoms with van der Waals surface area (Å²) in [5.41, 5.74) is 2.81. The topological polar surface area (TPSA) is 41.6 Å². The number of aryl methyl sites for hydroxylation is 1. The maximum Gasteiger partial charge on any atom is 0.254 e. The maximum atomic E-state index is 12.6. The molecule has 1 N–H and O–H groups in total. The summed E-state index contributed by atoms with van der Waals surface area (Å²) in [5.74, 6) is 0.0998. The normalized spacial score (nSPS) is 23.3. The predicted molar refractivity (Wildman–Crippen MR) is 76.6 cm³/mol. The van der Waals surface area contributed by atoms with Crippen molar-refractivity contribution in [3.63, 3.8) is 0 Å². The van der Waals surface area contributed by atoms with Crippen LogP contribution in [0.5, 0.6) is 0 Å². The molecule has 0 spiro atoms. The van der Waals surface area contributed by atoms with Gasteiger partial charge in [0.15, 0.2) is 0 Å². The standard InChI is InChI=1S/C15H22N2O2/c1-10-7-13(16-4)5-6-14(10)15(18)17-8-12(3)19-9-11(17)2/h5-7,11-12,16H,8-9H2,1-4H3. The molecule has 0 aliphatic carbocycles. The lowest BCUT2D eigenvalue weighted by Crippen LogP contribution is -2.50. The van der Waals surface area contributed by atoms with Crippen LogP contribution in [0.1, 0.15) is 29.8 Å². The molecule has 0 radical (unpaired) electrons. The first-order valence-electron chi connectivity index (χ1n) is 6.74. The minimum atomic E-state index is 0.0998. The van der Waals surface area contributed by atoms with Crippen LogP contribution < -0.4 is 5.32 Å². The van der Waals surface area contributed by atoms with Gasteiger partial charge < -0.3 is 15.0 Å². The van der Waals surface area contributed by atoms with Gasteiger partial charge in [-0.1, -0.05) is 0 Å². The molecule has 19 heavy (non-hydrogen) atoms. The summed E-state index contributed by atoms with van der Waals surface area (Å²) in [6.45, 7) is 7.28. The average molecular weight is 262 g/mol. The van der Waals surface area contributed by atoms with E-state index in [1.807, 2.05) is 50.9 Å². The highest BCUT2D eigenvalue weighted by molar-refractivity contribution is 5.96. The number of benzene rings is 1. The molecule has 0 saturated carbocycles. The molecule has 2 rings (SSSR count). The van der Waals surface area contributed by atoms with E-state index in [4.69, 9.17) is 4.74 Å². The molecule has 2 atom stereocenters. The van der Waals surface area contributed by atoms with Crippen LogP contribution in [0, 0.1) is 6.92 Å². The molecule has 1 saturated heterocycles. The molecule has 0 bridgehead atoms. The van der Waals surface area contributed by atoms with Crippen LogP contribution in [0.3, 0.4) is 0 Å². The summed E-state index contributed by atoms with van der Waals surface area (Å²) in [4.78, 5) is 14.5. The zero-order valence-corrected chi connectivity index (χ0v) is 12.1. The monoisotopic (exact) mass is 262 g/mol. The van der Waals surface area contributed by atoms with Crippen molar-refractivity contribution in [3.8, 4) is 0 Å². The van der Waals surface area contributed by atoms with Crippen molar-refractivity contribution in [2.45, 2.75) is 32.9 Å². The van der Waals surface area contributed by atoms with Crippen molar-refractivity contribution in [1.29, 1.82) is 0 Å². The van der Waals surface area contributed by atoms with E-state index in [1.165, 1.54) is 0 Å². The largest absolute Gasteiger partial charge is 0.388 e. The van der Waals surface area contributed by atoms with Gasteiger partial charge in [-0.25, -0.2) is 0 Å². The molecule has 104 valence electrons. The summed E-state index contributed by atoms with van der Waals surface area (Å²) in [6.07, 6.45) is 0.108. The van der Waals surface area contributed by atoms with Crippen LogP contribution in [-0.2, 0) is 4.74 Å². The molecule has 0 aromatic heterocycles. The van der Waals surface area contributed by atoms with E-state index in [0.717, 1.165) is 16.8 Å². The number of hydrogen-bond acceptors (Lipinski definition) is 3. The number of ether oxygens (including phenoxy) is 1. The Labute approximate surface area is 114 Å². The van der Waals surface area contributed by atoms with Crippen LogP contribution in [0.15, 0.2) is 18.2 Å². The van der Waals surface area contributed by atoms with Crippen LogP contribution >= 0.6 is 0 Å². The van der Waals surface area contributed by atoms with Crippen molar-refractivity contribution in [2.24, 2.45) is 0 Å². The Morgan fingerprint density at radius 1 is 1.42 bits per heavy atom. The highest BCUT2D eigenvalue weighted by Gasteiger charge is 2.28. The van der Waals surface area contributed by atoms with Crippen molar-refractivity contribution in [2.75, 3.05) is 25.5 Å². The highest BCUT2D eigenvalue weighted by atomic mass is 16.5. The van der Waals surface area contributed by atoms with Crippen molar-refractivity contribution in [1.82, 2.24) is 4.90 Å². The Morgan fingerprint density at radius 2 is 2.16 bits per heavy atom. The number of morpholine rings is 1. The third kappa shape index (κ3) is 2.89. The Morgan fingerprint density at radius 3 is 2.79 bits per heavy atom. The molecular weight excluding hydrogens is 240 g/mol. The van der Waals surface area contributed by atoms with Crippen molar-refractivity contribution >= 4 is 11.6 Å². The van der Waals surface area contributed by atoms with Crippen LogP contribution in [0.25, 0.3) is 0 Å². The van der Waals surface area contributed by atoms with Crippen molar-refractivity contribution in [3.05, 3.63) is 29.3 Å². The third-order valence-electron chi connectivity index (χ3n) is 3.61. The average Bonchev–Trinajstić information content (AvgIpc) is 2.40. The van der Waals surface area contributed by atoms with E-state index in [9.17, 15) is 4.79 Å². The number of carbonyl (C=O) groups excluding carboxylic acids is 1. The molecule has 1 aliphatic rings. The van der Waals surface area contributed by atoms with Gasteiger partial charge >= 0.3 is 0 Å². The highest BCUT2D eigenvalue weighted by Crippen LogP contribution is 2.20. The van der Waals surface area contributed by atoms with E-state index in [-0.39, 0.29) is 18.1 Å². The second-order valence-corrected chi connectivity index (χ2v) is 5.23. The first-order valence-corrected chi connectivity index (χ1v) is 6.74. The van der Waals surface area contributed by atoms with E-state index in [2.05, 4.69) is 5.32 Å². The van der Waals surface area contributed by atoms with Crippen LogP contribution in [0.4, 0.5) is 5.69 Å². The number of carbonyl (C=O) groups is 1. The zero-order chi connectivity index (χ0) is 14.0. The number of hydrogen-bond donors (Lipinski definition) is 1. The van der Waals surface area contributed by atoms with E-state index in [1.54, 1.807) is 0 Å². The molecule has 1 aliphatic heterocycles. The van der Waals surface area contributed by atoms with E-state index in [0.29, 0.717) is 13.2 Å². The summed E-state index contributed by atoms with van der Waals surface area (Å²) in [7, 11) is 1.88. The van der Waals surface area contributed by atoms with Crippen LogP contribution in [-0.4, -0.2) is 43.2 Å². The van der Waals surface area contributed by atoms with Gasteiger partial charge in [0.1, 0.15) is 0 Å². The van der Waals surface area contributed by atoms with Gasteiger partial charge in [-0.3, -0.25) is 4.79 Å². The Bertz CT molecular complexity index is 473. The molecule has 4 heteroatoms. The fourth-order valence-electron chi connectivity index (χ4n) is 2.40. The maximum absolute atomic E-state index is 12.6. The summed E-state index contributed by atoms with van der Waals surface area (Å²) >= 11 is 0. The molecule has 2 unspecified atom stereocenters. The minimum absolute atomic E-state index is 0.0998. The lowest BCUT2D eigenvalue weighted by atomic mass is 10.0. The molecule has 1 heterocycles. The molecule has 1 amide bonds. The quantitative estimate of drug-likeness (QED) is 0.889. The fourth-order valence-corrected chi connectivity index (χ4v) is 2.40. The fraction of sp³-hybridized carbons (Fsp3) is 0.533. The second kappa shape index (κ2) is 5.61. The third-order valence-corrected chi connectivity index (χ3v) is 3.61. The lowest BCUT2D eigenvalue weighted by Gasteiger charge is -2.37. The molecule has 1 aromatic rings. The summed E-state index contributed by atoms with van der Waals surface area (Å²) < 4.78 is 5.57. The number of nitrogens with zero attached hydrogens (tertiary/aromatic N) is 1. The summed E-state index contributed by atoms with van der Waals surface area (Å²) in [5, 5.41) is 3.08. The van der Waals surface area contributed by atoms with Gasteiger partial charge in [0, 0.05) is 24.8 Å². The molecular formula is C15H22N2O2. The van der Waals surface area contributed by atoms with E-state index < -0.39 is 0 Å². The molecule has 1 fully saturated rings. The van der Waals surface area contributed by atoms with Gasteiger partial charge in [-0.2, -0.15) is 0 Å². The lowest BCUT2D eigenvalue weighted by molar-refractivity contribution is -0.0387. The van der Waals surface area contributed by atoms with Gasteiger partial charge in [0.2, 0.25) is 0 Å². The molecule has 1 aromatic carbocycles. The Hall–Kier alpha value is -1.55. The van der Waals surface area contributed by atoms with Crippen LogP contribution in [0.2, 0.25) is 0 Å². The Balaban J connectivity index is 2.23. The first kappa shape index (κ1) is 13.9. The summed E-state index contributed by atoms with van der Waals surface area (Å²) in [6, 6.07) is 5.97. The smallest absolute Gasteiger partial charge is 0.254 e. The number of nitrogens with one attached hydrogen (secondary N) is 1. The van der Waals surface area contributed by atoms with Gasteiger partial charge in [-0.05, 0) is 44.5 Å². The SMILES string of the molecule is CNc1ccc(C(=O)N2CC(C)OCC2C)c(C)c1. The van der Waals surface area contributed by atoms with Gasteiger partial charge in [0.25, 0.3) is 5.91 Å². The predicted octanol–water partition coefficient (Wildman–Crippen LogP) is 2.29. The Kier molecular flexibility index (Phi) is 4.10. The number of amides is 1. The van der Waals surface area contributed by atoms with Crippen molar-refractivity contribution < 1.29 is 9.53 Å². The second-order valence-electron chi connectivity index (χ2n) is 5.23. The minimum Gasteiger partial charge on any atom is -0.388 e. The number of rotatable bonds is 2. The van der Waals surface area contributed by atoms with E-state index >= 15 is 0 Å².